The summed E-state index contributed by atoms with van der Waals surface area (Å²) in [5, 5.41) is 15.9. The number of aromatic nitrogens is 2. The fraction of sp³-hybridized carbons (Fsp3) is 0.583. The second kappa shape index (κ2) is 7.25. The Kier molecular flexibility index (Phi) is 5.97. The molecule has 0 amide bonds. The molecule has 0 aliphatic rings. The summed E-state index contributed by atoms with van der Waals surface area (Å²) in [4.78, 5) is 23.1. The first-order valence-electron chi connectivity index (χ1n) is 6.10. The van der Waals surface area contributed by atoms with E-state index in [1.807, 2.05) is 13.8 Å². The molecule has 0 radical (unpaired) electrons. The van der Waals surface area contributed by atoms with Crippen molar-refractivity contribution in [1.82, 2.24) is 9.78 Å². The highest BCUT2D eigenvalue weighted by molar-refractivity contribution is 6.32. The van der Waals surface area contributed by atoms with E-state index < -0.39 is 11.5 Å². The Morgan fingerprint density at radius 1 is 1.60 bits per heavy atom. The van der Waals surface area contributed by atoms with Gasteiger partial charge in [0.15, 0.2) is 0 Å². The molecule has 1 aromatic heterocycles. The maximum absolute atomic E-state index is 11.9. The quantitative estimate of drug-likeness (QED) is 0.743. The van der Waals surface area contributed by atoms with Crippen molar-refractivity contribution in [3.63, 3.8) is 0 Å². The molecule has 2 unspecified atom stereocenters. The third kappa shape index (κ3) is 3.94. The van der Waals surface area contributed by atoms with E-state index in [-0.39, 0.29) is 30.1 Å². The number of carbonyl (C=O) groups is 1. The van der Waals surface area contributed by atoms with Gasteiger partial charge in [-0.1, -0.05) is 18.5 Å². The molecule has 1 rings (SSSR count). The molecule has 7 nitrogen and oxygen atoms in total. The minimum Gasteiger partial charge on any atom is -0.468 e. The van der Waals surface area contributed by atoms with Gasteiger partial charge < -0.3 is 15.2 Å². The van der Waals surface area contributed by atoms with Gasteiger partial charge >= 0.3 is 5.97 Å². The monoisotopic (exact) mass is 303 g/mol. The number of nitrogens with zero attached hydrogens (tertiary/aromatic N) is 2. The summed E-state index contributed by atoms with van der Waals surface area (Å²) in [5.41, 5.74) is -0.212. The number of methoxy groups -OCH3 is 1. The van der Waals surface area contributed by atoms with E-state index in [1.54, 1.807) is 0 Å². The topological polar surface area (TPSA) is 93.5 Å². The van der Waals surface area contributed by atoms with Crippen molar-refractivity contribution >= 4 is 23.3 Å². The van der Waals surface area contributed by atoms with Crippen molar-refractivity contribution < 1.29 is 14.6 Å². The number of esters is 1. The summed E-state index contributed by atoms with van der Waals surface area (Å²) in [6.45, 7) is 3.44. The molecular weight excluding hydrogens is 286 g/mol. The maximum atomic E-state index is 11.9. The van der Waals surface area contributed by atoms with Gasteiger partial charge in [-0.05, 0) is 12.8 Å². The molecule has 112 valence electrons. The van der Waals surface area contributed by atoms with E-state index in [0.717, 1.165) is 4.68 Å². The Bertz CT molecular complexity index is 532. The molecule has 8 heteroatoms. The summed E-state index contributed by atoms with van der Waals surface area (Å²) in [5.74, 6) is -0.595. The van der Waals surface area contributed by atoms with Gasteiger partial charge in [-0.3, -0.25) is 9.59 Å². The Morgan fingerprint density at radius 3 is 2.80 bits per heavy atom. The Morgan fingerprint density at radius 2 is 2.25 bits per heavy atom. The fourth-order valence-corrected chi connectivity index (χ4v) is 1.61. The Labute approximate surface area is 121 Å². The van der Waals surface area contributed by atoms with Gasteiger partial charge in [0.2, 0.25) is 0 Å². The van der Waals surface area contributed by atoms with Crippen LogP contribution in [0, 0.1) is 5.92 Å². The molecule has 0 spiro atoms. The number of hydrogen-bond donors (Lipinski definition) is 2. The number of carbonyl (C=O) groups excluding carboxylic acids is 1. The van der Waals surface area contributed by atoms with E-state index in [0.29, 0.717) is 5.69 Å². The summed E-state index contributed by atoms with van der Waals surface area (Å²) < 4.78 is 5.39. The molecular formula is C12H18ClN3O4. The smallest absolute Gasteiger partial charge is 0.327 e. The minimum atomic E-state index is -0.585. The number of rotatable bonds is 6. The van der Waals surface area contributed by atoms with Crippen molar-refractivity contribution in [3.05, 3.63) is 21.6 Å². The molecule has 20 heavy (non-hydrogen) atoms. The van der Waals surface area contributed by atoms with Crippen LogP contribution in [0.15, 0.2) is 11.0 Å². The lowest BCUT2D eigenvalue weighted by Crippen LogP contribution is -2.31. The fourth-order valence-electron chi connectivity index (χ4n) is 1.41. The molecule has 1 heterocycles. The van der Waals surface area contributed by atoms with Crippen molar-refractivity contribution in [3.8, 4) is 0 Å². The van der Waals surface area contributed by atoms with E-state index in [1.165, 1.54) is 13.3 Å². The average molecular weight is 304 g/mol. The van der Waals surface area contributed by atoms with Gasteiger partial charge in [-0.2, -0.15) is 5.10 Å². The van der Waals surface area contributed by atoms with Gasteiger partial charge in [0, 0.05) is 12.6 Å². The number of anilines is 1. The standard InChI is InChI=1S/C12H18ClN3O4/c1-7(6-17)8(2)15-9-4-14-16(5-10(18)20-3)12(19)11(9)13/h4,7-8,15,17H,5-6H2,1-3H3. The molecule has 0 saturated heterocycles. The lowest BCUT2D eigenvalue weighted by atomic mass is 10.1. The third-order valence-corrected chi connectivity index (χ3v) is 3.38. The molecule has 0 fully saturated rings. The molecule has 0 aromatic carbocycles. The van der Waals surface area contributed by atoms with Crippen molar-refractivity contribution in [2.75, 3.05) is 19.0 Å². The summed E-state index contributed by atoms with van der Waals surface area (Å²) in [7, 11) is 1.23. The van der Waals surface area contributed by atoms with Crippen LogP contribution in [0.25, 0.3) is 0 Å². The number of nitrogens with one attached hydrogen (secondary N) is 1. The first-order valence-corrected chi connectivity index (χ1v) is 6.48. The van der Waals surface area contributed by atoms with E-state index in [9.17, 15) is 9.59 Å². The normalized spacial score (nSPS) is 13.7. The SMILES string of the molecule is COC(=O)Cn1ncc(NC(C)C(C)CO)c(Cl)c1=O. The summed E-state index contributed by atoms with van der Waals surface area (Å²) in [6.07, 6.45) is 1.37. The van der Waals surface area contributed by atoms with Crippen LogP contribution in [0.4, 0.5) is 5.69 Å². The van der Waals surface area contributed by atoms with Gasteiger partial charge in [-0.25, -0.2) is 4.68 Å². The zero-order valence-corrected chi connectivity index (χ0v) is 12.3. The van der Waals surface area contributed by atoms with Crippen molar-refractivity contribution in [1.29, 1.82) is 0 Å². The van der Waals surface area contributed by atoms with Gasteiger partial charge in [0.1, 0.15) is 11.6 Å². The lowest BCUT2D eigenvalue weighted by molar-refractivity contribution is -0.141. The molecule has 0 aliphatic heterocycles. The van der Waals surface area contributed by atoms with Crippen LogP contribution < -0.4 is 10.9 Å². The average Bonchev–Trinajstić information content (AvgIpc) is 2.45. The molecule has 2 atom stereocenters. The van der Waals surface area contributed by atoms with Crippen LogP contribution in [0.5, 0.6) is 0 Å². The molecule has 0 aliphatic carbocycles. The predicted octanol–water partition coefficient (Wildman–Crippen LogP) is 0.498. The first-order chi connectivity index (χ1) is 9.40. The number of aliphatic hydroxyl groups excluding tert-OH is 1. The molecule has 0 saturated carbocycles. The highest BCUT2D eigenvalue weighted by Crippen LogP contribution is 2.18. The molecule has 1 aromatic rings. The number of hydrogen-bond acceptors (Lipinski definition) is 6. The Balaban J connectivity index is 2.94. The van der Waals surface area contributed by atoms with Crippen LogP contribution >= 0.6 is 11.6 Å². The minimum absolute atomic E-state index is 0.0106. The van der Waals surface area contributed by atoms with Crippen LogP contribution in [-0.2, 0) is 16.1 Å². The number of aliphatic hydroxyl groups is 1. The zero-order valence-electron chi connectivity index (χ0n) is 11.6. The van der Waals surface area contributed by atoms with Gasteiger partial charge in [0.05, 0.1) is 19.0 Å². The summed E-state index contributed by atoms with van der Waals surface area (Å²) >= 11 is 5.97. The van der Waals surface area contributed by atoms with Crippen LogP contribution in [0.3, 0.4) is 0 Å². The molecule has 0 bridgehead atoms. The lowest BCUT2D eigenvalue weighted by Gasteiger charge is -2.20. The summed E-state index contributed by atoms with van der Waals surface area (Å²) in [6, 6.07) is -0.0878. The van der Waals surface area contributed by atoms with E-state index in [4.69, 9.17) is 16.7 Å². The van der Waals surface area contributed by atoms with Crippen LogP contribution in [0.2, 0.25) is 5.02 Å². The number of halogens is 1. The largest absolute Gasteiger partial charge is 0.468 e. The van der Waals surface area contributed by atoms with Crippen LogP contribution in [-0.4, -0.2) is 40.6 Å². The highest BCUT2D eigenvalue weighted by atomic mass is 35.5. The van der Waals surface area contributed by atoms with E-state index in [2.05, 4.69) is 15.2 Å². The van der Waals surface area contributed by atoms with E-state index >= 15 is 0 Å². The zero-order chi connectivity index (χ0) is 15.3. The highest BCUT2D eigenvalue weighted by Gasteiger charge is 2.16. The van der Waals surface area contributed by atoms with Gasteiger partial charge in [-0.15, -0.1) is 0 Å². The second-order valence-electron chi connectivity index (χ2n) is 4.50. The number of ether oxygens (including phenoxy) is 1. The van der Waals surface area contributed by atoms with Gasteiger partial charge in [0.25, 0.3) is 5.56 Å². The van der Waals surface area contributed by atoms with Crippen molar-refractivity contribution in [2.45, 2.75) is 26.4 Å². The van der Waals surface area contributed by atoms with Crippen molar-refractivity contribution in [2.24, 2.45) is 5.92 Å². The molecule has 2 N–H and O–H groups in total. The predicted molar refractivity (Wildman–Crippen MR) is 74.9 cm³/mol. The van der Waals surface area contributed by atoms with Crippen LogP contribution in [0.1, 0.15) is 13.8 Å². The first kappa shape index (κ1) is 16.5. The third-order valence-electron chi connectivity index (χ3n) is 3.02. The Hall–Kier alpha value is -1.60. The maximum Gasteiger partial charge on any atom is 0.327 e. The second-order valence-corrected chi connectivity index (χ2v) is 4.88.